The smallest absolute Gasteiger partial charge is 0.328 e. The number of carbonyl (C=O) groups is 1. The number of nitrogens with zero attached hydrogens (tertiary/aromatic N) is 2. The van der Waals surface area contributed by atoms with Crippen LogP contribution in [-0.4, -0.2) is 20.9 Å². The van der Waals surface area contributed by atoms with E-state index < -0.39 is 11.8 Å². The van der Waals surface area contributed by atoms with Crippen LogP contribution < -0.4 is 0 Å². The topological polar surface area (TPSA) is 55.1 Å². The summed E-state index contributed by atoms with van der Waals surface area (Å²) in [5.41, 5.74) is 0.776. The monoisotopic (exact) mass is 310 g/mol. The first-order valence-corrected chi connectivity index (χ1v) is 5.76. The molecule has 0 amide bonds. The van der Waals surface area contributed by atoms with Gasteiger partial charge in [-0.2, -0.15) is 5.10 Å². The van der Waals surface area contributed by atoms with E-state index >= 15 is 0 Å². The van der Waals surface area contributed by atoms with Crippen molar-refractivity contribution in [3.8, 4) is 5.69 Å². The molecule has 2 aromatic rings. The predicted octanol–water partition coefficient (Wildman–Crippen LogP) is 2.87. The summed E-state index contributed by atoms with van der Waals surface area (Å²) in [6.45, 7) is 0. The van der Waals surface area contributed by atoms with Gasteiger partial charge in [0.2, 0.25) is 0 Å². The van der Waals surface area contributed by atoms with Gasteiger partial charge in [0.15, 0.2) is 0 Å². The summed E-state index contributed by atoms with van der Waals surface area (Å²) in [5.74, 6) is -1.55. The van der Waals surface area contributed by atoms with E-state index in [1.165, 1.54) is 22.9 Å². The number of carboxylic acid groups (broad SMARTS) is 1. The number of benzene rings is 1. The summed E-state index contributed by atoms with van der Waals surface area (Å²) in [4.78, 5) is 10.3. The Balaban J connectivity index is 2.33. The number of rotatable bonds is 3. The molecule has 0 aliphatic rings. The Hall–Kier alpha value is -1.95. The minimum Gasteiger partial charge on any atom is -0.478 e. The molecule has 18 heavy (non-hydrogen) atoms. The second-order valence-corrected chi connectivity index (χ2v) is 4.40. The Morgan fingerprint density at radius 2 is 2.28 bits per heavy atom. The summed E-state index contributed by atoms with van der Waals surface area (Å²) >= 11 is 3.23. The molecule has 1 aromatic heterocycles. The van der Waals surface area contributed by atoms with Gasteiger partial charge in [0.25, 0.3) is 0 Å². The van der Waals surface area contributed by atoms with Crippen molar-refractivity contribution in [2.45, 2.75) is 0 Å². The van der Waals surface area contributed by atoms with E-state index in [-0.39, 0.29) is 0 Å². The minimum atomic E-state index is -1.07. The standard InChI is InChI=1S/C12H8BrFN2O2/c13-9-6-15-16(7-9)11-3-1-8(5-10(11)14)2-4-12(17)18/h1-7H,(H,17,18)/b4-2+. The highest BCUT2D eigenvalue weighted by atomic mass is 79.9. The van der Waals surface area contributed by atoms with Gasteiger partial charge in [-0.15, -0.1) is 0 Å². The van der Waals surface area contributed by atoms with Gasteiger partial charge in [-0.1, -0.05) is 6.07 Å². The number of hydrogen-bond acceptors (Lipinski definition) is 2. The number of carboxylic acids is 1. The van der Waals surface area contributed by atoms with Crippen LogP contribution in [0.3, 0.4) is 0 Å². The molecule has 0 aliphatic heterocycles. The van der Waals surface area contributed by atoms with Gasteiger partial charge in [-0.05, 0) is 39.7 Å². The fraction of sp³-hybridized carbons (Fsp3) is 0. The Morgan fingerprint density at radius 1 is 1.50 bits per heavy atom. The average molecular weight is 311 g/mol. The zero-order chi connectivity index (χ0) is 13.1. The molecule has 0 atom stereocenters. The minimum absolute atomic E-state index is 0.299. The lowest BCUT2D eigenvalue weighted by Crippen LogP contribution is -1.98. The molecule has 0 spiro atoms. The predicted molar refractivity (Wildman–Crippen MR) is 67.9 cm³/mol. The third-order valence-corrected chi connectivity index (χ3v) is 2.60. The molecule has 0 aliphatic carbocycles. The van der Waals surface area contributed by atoms with Gasteiger partial charge >= 0.3 is 5.97 Å². The Kier molecular flexibility index (Phi) is 3.57. The molecule has 1 N–H and O–H groups in total. The van der Waals surface area contributed by atoms with Crippen LogP contribution in [0.5, 0.6) is 0 Å². The van der Waals surface area contributed by atoms with Gasteiger partial charge in [0.05, 0.1) is 10.7 Å². The highest BCUT2D eigenvalue weighted by Crippen LogP contribution is 2.17. The highest BCUT2D eigenvalue weighted by molar-refractivity contribution is 9.10. The van der Waals surface area contributed by atoms with Crippen molar-refractivity contribution >= 4 is 28.0 Å². The molecular formula is C12H8BrFN2O2. The summed E-state index contributed by atoms with van der Waals surface area (Å²) in [5, 5.41) is 12.4. The molecule has 6 heteroatoms. The van der Waals surface area contributed by atoms with E-state index in [9.17, 15) is 9.18 Å². The second kappa shape index (κ2) is 5.14. The first kappa shape index (κ1) is 12.5. The molecular weight excluding hydrogens is 303 g/mol. The summed E-state index contributed by atoms with van der Waals surface area (Å²) < 4.78 is 16.0. The fourth-order valence-corrected chi connectivity index (χ4v) is 1.70. The molecule has 0 fully saturated rings. The van der Waals surface area contributed by atoms with Crippen molar-refractivity contribution in [2.75, 3.05) is 0 Å². The van der Waals surface area contributed by atoms with Crippen molar-refractivity contribution < 1.29 is 14.3 Å². The normalized spacial score (nSPS) is 11.0. The molecule has 0 radical (unpaired) electrons. The molecule has 0 saturated carbocycles. The summed E-state index contributed by atoms with van der Waals surface area (Å²) in [6.07, 6.45) is 5.47. The van der Waals surface area contributed by atoms with Gasteiger partial charge in [-0.25, -0.2) is 13.9 Å². The average Bonchev–Trinajstić information content (AvgIpc) is 2.73. The number of aliphatic carboxylic acids is 1. The van der Waals surface area contributed by atoms with Crippen molar-refractivity contribution in [1.82, 2.24) is 9.78 Å². The van der Waals surface area contributed by atoms with Crippen LogP contribution >= 0.6 is 15.9 Å². The lowest BCUT2D eigenvalue weighted by Gasteiger charge is -2.03. The Labute approximate surface area is 110 Å². The molecule has 1 heterocycles. The fourth-order valence-electron chi connectivity index (χ4n) is 1.41. The van der Waals surface area contributed by atoms with E-state index in [4.69, 9.17) is 5.11 Å². The second-order valence-electron chi connectivity index (χ2n) is 3.49. The summed E-state index contributed by atoms with van der Waals surface area (Å²) in [7, 11) is 0. The lowest BCUT2D eigenvalue weighted by molar-refractivity contribution is -0.131. The third kappa shape index (κ3) is 2.84. The summed E-state index contributed by atoms with van der Waals surface area (Å²) in [6, 6.07) is 4.41. The molecule has 0 saturated heterocycles. The van der Waals surface area contributed by atoms with Crippen LogP contribution in [0.4, 0.5) is 4.39 Å². The van der Waals surface area contributed by atoms with Gasteiger partial charge in [0.1, 0.15) is 11.5 Å². The van der Waals surface area contributed by atoms with Gasteiger partial charge in [-0.3, -0.25) is 0 Å². The van der Waals surface area contributed by atoms with Crippen molar-refractivity contribution in [2.24, 2.45) is 0 Å². The maximum absolute atomic E-state index is 13.8. The molecule has 92 valence electrons. The van der Waals surface area contributed by atoms with E-state index in [0.717, 1.165) is 10.5 Å². The van der Waals surface area contributed by atoms with Crippen LogP contribution in [0.1, 0.15) is 5.56 Å². The van der Waals surface area contributed by atoms with Crippen molar-refractivity contribution in [3.05, 3.63) is 52.5 Å². The van der Waals surface area contributed by atoms with E-state index in [1.54, 1.807) is 18.5 Å². The Bertz CT molecular complexity index is 622. The number of hydrogen-bond donors (Lipinski definition) is 1. The SMILES string of the molecule is O=C(O)/C=C/c1ccc(-n2cc(Br)cn2)c(F)c1. The first-order valence-electron chi connectivity index (χ1n) is 4.97. The van der Waals surface area contributed by atoms with Crippen LogP contribution in [-0.2, 0) is 4.79 Å². The zero-order valence-corrected chi connectivity index (χ0v) is 10.6. The molecule has 4 nitrogen and oxygen atoms in total. The van der Waals surface area contributed by atoms with E-state index in [1.807, 2.05) is 0 Å². The van der Waals surface area contributed by atoms with Crippen LogP contribution in [0, 0.1) is 5.82 Å². The van der Waals surface area contributed by atoms with E-state index in [0.29, 0.717) is 11.3 Å². The lowest BCUT2D eigenvalue weighted by atomic mass is 10.2. The number of aromatic nitrogens is 2. The number of halogens is 2. The molecule has 0 unspecified atom stereocenters. The van der Waals surface area contributed by atoms with Crippen LogP contribution in [0.15, 0.2) is 41.1 Å². The highest BCUT2D eigenvalue weighted by Gasteiger charge is 2.06. The van der Waals surface area contributed by atoms with Crippen LogP contribution in [0.2, 0.25) is 0 Å². The van der Waals surface area contributed by atoms with E-state index in [2.05, 4.69) is 21.0 Å². The van der Waals surface area contributed by atoms with Gasteiger partial charge < -0.3 is 5.11 Å². The largest absolute Gasteiger partial charge is 0.478 e. The van der Waals surface area contributed by atoms with Crippen molar-refractivity contribution in [3.63, 3.8) is 0 Å². The maximum atomic E-state index is 13.8. The Morgan fingerprint density at radius 3 is 2.83 bits per heavy atom. The molecule has 1 aromatic carbocycles. The van der Waals surface area contributed by atoms with Gasteiger partial charge in [0, 0.05) is 12.3 Å². The van der Waals surface area contributed by atoms with Crippen molar-refractivity contribution in [1.29, 1.82) is 0 Å². The molecule has 2 rings (SSSR count). The maximum Gasteiger partial charge on any atom is 0.328 e. The first-order chi connectivity index (χ1) is 8.56. The zero-order valence-electron chi connectivity index (χ0n) is 9.05. The van der Waals surface area contributed by atoms with Crippen LogP contribution in [0.25, 0.3) is 11.8 Å². The quantitative estimate of drug-likeness (QED) is 0.887. The molecule has 0 bridgehead atoms. The third-order valence-electron chi connectivity index (χ3n) is 2.19.